The van der Waals surface area contributed by atoms with E-state index < -0.39 is 0 Å². The lowest BCUT2D eigenvalue weighted by Gasteiger charge is -2.40. The Morgan fingerprint density at radius 2 is 1.95 bits per heavy atom. The molecular weight excluding hydrogens is 266 g/mol. The summed E-state index contributed by atoms with van der Waals surface area (Å²) < 4.78 is 0. The number of hydrogen-bond donors (Lipinski definition) is 1. The summed E-state index contributed by atoms with van der Waals surface area (Å²) in [5, 5.41) is 0.897. The van der Waals surface area contributed by atoms with Crippen LogP contribution in [0.4, 0.5) is 0 Å². The van der Waals surface area contributed by atoms with Crippen LogP contribution in [0.5, 0.6) is 0 Å². The quantitative estimate of drug-likeness (QED) is 0.765. The Bertz CT molecular complexity index is 408. The minimum absolute atomic E-state index is 0.285. The normalized spacial score (nSPS) is 26.6. The van der Waals surface area contributed by atoms with Crippen molar-refractivity contribution in [1.29, 1.82) is 0 Å². The monoisotopic (exact) mass is 293 g/mol. The Labute approximate surface area is 128 Å². The molecule has 0 unspecified atom stereocenters. The summed E-state index contributed by atoms with van der Waals surface area (Å²) in [4.78, 5) is 0. The van der Waals surface area contributed by atoms with Crippen LogP contribution in [0.3, 0.4) is 0 Å². The van der Waals surface area contributed by atoms with Gasteiger partial charge in [0.15, 0.2) is 0 Å². The molecule has 1 fully saturated rings. The molecule has 0 bridgehead atoms. The molecule has 0 aliphatic heterocycles. The molecule has 1 nitrogen and oxygen atoms in total. The lowest BCUT2D eigenvalue weighted by molar-refractivity contribution is 0.150. The Morgan fingerprint density at radius 3 is 2.55 bits per heavy atom. The Morgan fingerprint density at radius 1 is 1.25 bits per heavy atom. The van der Waals surface area contributed by atoms with Crippen molar-refractivity contribution in [2.75, 3.05) is 6.54 Å². The van der Waals surface area contributed by atoms with Crippen LogP contribution in [-0.4, -0.2) is 6.54 Å². The molecule has 0 radical (unpaired) electrons. The van der Waals surface area contributed by atoms with Crippen molar-refractivity contribution in [2.45, 2.75) is 58.3 Å². The summed E-state index contributed by atoms with van der Waals surface area (Å²) in [7, 11) is 0. The van der Waals surface area contributed by atoms with Crippen LogP contribution in [0.15, 0.2) is 24.3 Å². The summed E-state index contributed by atoms with van der Waals surface area (Å²) in [6.07, 6.45) is 10.4. The van der Waals surface area contributed by atoms with Crippen molar-refractivity contribution in [3.05, 3.63) is 34.9 Å². The van der Waals surface area contributed by atoms with Gasteiger partial charge in [0, 0.05) is 5.02 Å². The largest absolute Gasteiger partial charge is 0.330 e. The Hall–Kier alpha value is -0.530. The van der Waals surface area contributed by atoms with Crippen LogP contribution in [0.25, 0.3) is 0 Å². The predicted molar refractivity (Wildman–Crippen MR) is 88.1 cm³/mol. The first kappa shape index (κ1) is 15.9. The van der Waals surface area contributed by atoms with Crippen LogP contribution in [0, 0.1) is 11.3 Å². The minimum Gasteiger partial charge on any atom is -0.330 e. The smallest absolute Gasteiger partial charge is 0.0438 e. The number of hydrogen-bond acceptors (Lipinski definition) is 1. The number of rotatable bonds is 6. The van der Waals surface area contributed by atoms with E-state index in [4.69, 9.17) is 17.3 Å². The van der Waals surface area contributed by atoms with Gasteiger partial charge in [0.05, 0.1) is 0 Å². The van der Waals surface area contributed by atoms with Crippen LogP contribution in [0.2, 0.25) is 5.02 Å². The van der Waals surface area contributed by atoms with E-state index in [-0.39, 0.29) is 5.41 Å². The Kier molecular flexibility index (Phi) is 5.92. The van der Waals surface area contributed by atoms with Crippen molar-refractivity contribution in [3.63, 3.8) is 0 Å². The van der Waals surface area contributed by atoms with E-state index in [2.05, 4.69) is 19.1 Å². The van der Waals surface area contributed by atoms with E-state index in [9.17, 15) is 0 Å². The highest BCUT2D eigenvalue weighted by molar-refractivity contribution is 6.31. The van der Waals surface area contributed by atoms with Gasteiger partial charge in [0.1, 0.15) is 0 Å². The van der Waals surface area contributed by atoms with Crippen molar-refractivity contribution < 1.29 is 0 Å². The highest BCUT2D eigenvalue weighted by Gasteiger charge is 2.34. The molecule has 20 heavy (non-hydrogen) atoms. The zero-order chi connectivity index (χ0) is 14.4. The number of unbranched alkanes of at least 4 members (excludes halogenated alkanes) is 1. The zero-order valence-corrected chi connectivity index (χ0v) is 13.5. The highest BCUT2D eigenvalue weighted by atomic mass is 35.5. The fourth-order valence-corrected chi connectivity index (χ4v) is 3.77. The van der Waals surface area contributed by atoms with Crippen molar-refractivity contribution >= 4 is 11.6 Å². The lowest BCUT2D eigenvalue weighted by atomic mass is 9.66. The van der Waals surface area contributed by atoms with E-state index in [1.807, 2.05) is 12.1 Å². The number of benzene rings is 1. The molecule has 2 N–H and O–H groups in total. The van der Waals surface area contributed by atoms with Gasteiger partial charge in [-0.25, -0.2) is 0 Å². The second-order valence-electron chi connectivity index (χ2n) is 6.56. The van der Waals surface area contributed by atoms with Crippen LogP contribution >= 0.6 is 11.6 Å². The van der Waals surface area contributed by atoms with Gasteiger partial charge in [0.2, 0.25) is 0 Å². The molecule has 0 atom stereocenters. The molecule has 0 saturated heterocycles. The molecule has 0 amide bonds. The fraction of sp³-hybridized carbons (Fsp3) is 0.667. The van der Waals surface area contributed by atoms with E-state index in [0.29, 0.717) is 0 Å². The van der Waals surface area contributed by atoms with Crippen LogP contribution in [-0.2, 0) is 6.42 Å². The van der Waals surface area contributed by atoms with Gasteiger partial charge < -0.3 is 5.73 Å². The third-order valence-corrected chi connectivity index (χ3v) is 5.46. The van der Waals surface area contributed by atoms with Gasteiger partial charge in [-0.15, -0.1) is 0 Å². The standard InChI is InChI=1S/C18H28ClN/c1-2-3-6-15-9-11-18(14-20,12-10-15)13-16-7-4-5-8-17(16)19/h4-5,7-8,15H,2-3,6,9-14,20H2,1H3. The van der Waals surface area contributed by atoms with Crippen molar-refractivity contribution in [2.24, 2.45) is 17.1 Å². The van der Waals surface area contributed by atoms with Gasteiger partial charge in [-0.05, 0) is 61.6 Å². The fourth-order valence-electron chi connectivity index (χ4n) is 3.57. The summed E-state index contributed by atoms with van der Waals surface area (Å²) >= 11 is 6.32. The third-order valence-electron chi connectivity index (χ3n) is 5.09. The zero-order valence-electron chi connectivity index (χ0n) is 12.7. The molecule has 1 aromatic rings. The summed E-state index contributed by atoms with van der Waals surface area (Å²) in [6, 6.07) is 8.23. The maximum absolute atomic E-state index is 6.32. The first-order valence-corrected chi connectivity index (χ1v) is 8.50. The molecule has 1 aliphatic rings. The van der Waals surface area contributed by atoms with Crippen LogP contribution in [0.1, 0.15) is 57.4 Å². The molecule has 0 heterocycles. The lowest BCUT2D eigenvalue weighted by Crippen LogP contribution is -2.37. The third kappa shape index (κ3) is 3.99. The summed E-state index contributed by atoms with van der Waals surface area (Å²) in [5.74, 6) is 0.931. The number of nitrogens with two attached hydrogens (primary N) is 1. The summed E-state index contributed by atoms with van der Waals surface area (Å²) in [6.45, 7) is 3.07. The van der Waals surface area contributed by atoms with E-state index in [1.165, 1.54) is 50.5 Å². The van der Waals surface area contributed by atoms with Gasteiger partial charge in [-0.2, -0.15) is 0 Å². The second kappa shape index (κ2) is 7.47. The van der Waals surface area contributed by atoms with Gasteiger partial charge in [-0.1, -0.05) is 56.0 Å². The molecule has 1 aliphatic carbocycles. The predicted octanol–water partition coefficient (Wildman–Crippen LogP) is 5.21. The second-order valence-corrected chi connectivity index (χ2v) is 6.97. The van der Waals surface area contributed by atoms with Gasteiger partial charge in [0.25, 0.3) is 0 Å². The molecule has 2 heteroatoms. The molecule has 1 aromatic carbocycles. The molecule has 1 saturated carbocycles. The van der Waals surface area contributed by atoms with Crippen molar-refractivity contribution in [1.82, 2.24) is 0 Å². The summed E-state index contributed by atoms with van der Waals surface area (Å²) in [5.41, 5.74) is 7.69. The maximum Gasteiger partial charge on any atom is 0.0438 e. The maximum atomic E-state index is 6.32. The number of halogens is 1. The average Bonchev–Trinajstić information content (AvgIpc) is 2.49. The molecule has 112 valence electrons. The van der Waals surface area contributed by atoms with Gasteiger partial charge in [-0.3, -0.25) is 0 Å². The SMILES string of the molecule is CCCCC1CCC(CN)(Cc2ccccc2Cl)CC1. The first-order valence-electron chi connectivity index (χ1n) is 8.12. The van der Waals surface area contributed by atoms with E-state index in [1.54, 1.807) is 0 Å². The minimum atomic E-state index is 0.285. The Balaban J connectivity index is 1.97. The van der Waals surface area contributed by atoms with Crippen molar-refractivity contribution in [3.8, 4) is 0 Å². The van der Waals surface area contributed by atoms with Gasteiger partial charge >= 0.3 is 0 Å². The highest BCUT2D eigenvalue weighted by Crippen LogP contribution is 2.43. The van der Waals surface area contributed by atoms with E-state index >= 15 is 0 Å². The average molecular weight is 294 g/mol. The van der Waals surface area contributed by atoms with Crippen LogP contribution < -0.4 is 5.73 Å². The van der Waals surface area contributed by atoms with E-state index in [0.717, 1.165) is 23.9 Å². The molecule has 2 rings (SSSR count). The molecule has 0 aromatic heterocycles. The molecule has 0 spiro atoms. The molecular formula is C18H28ClN. The first-order chi connectivity index (χ1) is 9.69. The topological polar surface area (TPSA) is 26.0 Å².